The second-order valence-corrected chi connectivity index (χ2v) is 3.37. The van der Waals surface area contributed by atoms with Crippen LogP contribution in [-0.4, -0.2) is 17.6 Å². The minimum absolute atomic E-state index is 0.158. The van der Waals surface area contributed by atoms with Crippen molar-refractivity contribution in [1.29, 1.82) is 0 Å². The lowest BCUT2D eigenvalue weighted by atomic mass is 10.1. The van der Waals surface area contributed by atoms with E-state index in [1.54, 1.807) is 0 Å². The molecule has 1 aromatic rings. The Morgan fingerprint density at radius 1 is 0.944 bits per heavy atom. The molecule has 8 heteroatoms. The fourth-order valence-corrected chi connectivity index (χ4v) is 1.21. The molecule has 18 heavy (non-hydrogen) atoms. The Morgan fingerprint density at radius 2 is 1.39 bits per heavy atom. The number of carbonyl (C=O) groups is 1. The molecule has 0 spiro atoms. The summed E-state index contributed by atoms with van der Waals surface area (Å²) < 4.78 is 64.4. The van der Waals surface area contributed by atoms with Gasteiger partial charge in [0.1, 0.15) is 0 Å². The van der Waals surface area contributed by atoms with Crippen LogP contribution >= 0.6 is 0 Å². The molecule has 0 radical (unpaired) electrons. The van der Waals surface area contributed by atoms with Crippen LogP contribution in [0.4, 0.5) is 22.0 Å². The zero-order valence-corrected chi connectivity index (χ0v) is 8.87. The lowest BCUT2D eigenvalue weighted by Crippen LogP contribution is -2.20. The molecule has 0 unspecified atom stereocenters. The van der Waals surface area contributed by atoms with Gasteiger partial charge in [-0.15, -0.1) is 0 Å². The van der Waals surface area contributed by atoms with Crippen LogP contribution in [0.2, 0.25) is 0 Å². The summed E-state index contributed by atoms with van der Waals surface area (Å²) in [6.07, 6.45) is -0.338. The van der Waals surface area contributed by atoms with Gasteiger partial charge >= 0.3 is 5.97 Å². The summed E-state index contributed by atoms with van der Waals surface area (Å²) in [6.45, 7) is -0.812. The Labute approximate surface area is 98.2 Å². The Hall–Kier alpha value is -1.70. The first-order valence-electron chi connectivity index (χ1n) is 4.79. The van der Waals surface area contributed by atoms with E-state index < -0.39 is 47.2 Å². The first-order valence-corrected chi connectivity index (χ1v) is 4.79. The molecule has 0 amide bonds. The average molecular weight is 269 g/mol. The minimum atomic E-state index is -2.22. The molecular weight excluding hydrogens is 261 g/mol. The summed E-state index contributed by atoms with van der Waals surface area (Å²) in [7, 11) is 0. The first-order chi connectivity index (χ1) is 8.36. The zero-order chi connectivity index (χ0) is 13.9. The first kappa shape index (κ1) is 14.4. The summed E-state index contributed by atoms with van der Waals surface area (Å²) in [5, 5.41) is 10.6. The van der Waals surface area contributed by atoms with Crippen LogP contribution in [-0.2, 0) is 11.3 Å². The highest BCUT2D eigenvalue weighted by atomic mass is 19.2. The number of benzene rings is 1. The number of carboxylic acid groups (broad SMARTS) is 1. The number of hydrogen-bond acceptors (Lipinski definition) is 2. The second-order valence-electron chi connectivity index (χ2n) is 3.37. The van der Waals surface area contributed by atoms with E-state index in [2.05, 4.69) is 5.32 Å². The lowest BCUT2D eigenvalue weighted by molar-refractivity contribution is -0.136. The van der Waals surface area contributed by atoms with Gasteiger partial charge in [0.25, 0.3) is 0 Å². The van der Waals surface area contributed by atoms with Crippen molar-refractivity contribution in [3.8, 4) is 0 Å². The molecule has 0 heterocycles. The monoisotopic (exact) mass is 269 g/mol. The van der Waals surface area contributed by atoms with Crippen LogP contribution < -0.4 is 5.32 Å². The van der Waals surface area contributed by atoms with E-state index in [1.807, 2.05) is 0 Å². The van der Waals surface area contributed by atoms with Gasteiger partial charge in [-0.3, -0.25) is 4.79 Å². The number of hydrogen-bond donors (Lipinski definition) is 2. The molecule has 3 nitrogen and oxygen atoms in total. The summed E-state index contributed by atoms with van der Waals surface area (Å²) in [5.74, 6) is -11.3. The van der Waals surface area contributed by atoms with Gasteiger partial charge in [0, 0.05) is 18.7 Å². The summed E-state index contributed by atoms with van der Waals surface area (Å²) in [6, 6.07) is 0. The van der Waals surface area contributed by atoms with Crippen molar-refractivity contribution in [3.63, 3.8) is 0 Å². The largest absolute Gasteiger partial charge is 0.481 e. The molecule has 100 valence electrons. The fraction of sp³-hybridized carbons (Fsp3) is 0.300. The van der Waals surface area contributed by atoms with Gasteiger partial charge in [-0.05, 0) is 0 Å². The van der Waals surface area contributed by atoms with E-state index in [-0.39, 0.29) is 13.0 Å². The maximum Gasteiger partial charge on any atom is 0.304 e. The van der Waals surface area contributed by atoms with Gasteiger partial charge in [-0.2, -0.15) is 0 Å². The number of rotatable bonds is 5. The fourth-order valence-electron chi connectivity index (χ4n) is 1.21. The quantitative estimate of drug-likeness (QED) is 0.372. The highest BCUT2D eigenvalue weighted by molar-refractivity contribution is 5.66. The molecule has 0 aliphatic rings. The van der Waals surface area contributed by atoms with Gasteiger partial charge in [-0.1, -0.05) is 0 Å². The molecule has 1 aromatic carbocycles. The smallest absolute Gasteiger partial charge is 0.304 e. The van der Waals surface area contributed by atoms with Crippen LogP contribution in [0.25, 0.3) is 0 Å². The molecule has 0 saturated heterocycles. The molecule has 1 rings (SSSR count). The van der Waals surface area contributed by atoms with Crippen molar-refractivity contribution in [2.45, 2.75) is 13.0 Å². The highest BCUT2D eigenvalue weighted by Gasteiger charge is 2.25. The van der Waals surface area contributed by atoms with Gasteiger partial charge in [0.15, 0.2) is 23.3 Å². The Balaban J connectivity index is 2.86. The van der Waals surface area contributed by atoms with Crippen molar-refractivity contribution in [2.75, 3.05) is 6.54 Å². The molecule has 0 atom stereocenters. The third kappa shape index (κ3) is 2.95. The highest BCUT2D eigenvalue weighted by Crippen LogP contribution is 2.22. The number of nitrogens with one attached hydrogen (secondary N) is 1. The molecule has 0 saturated carbocycles. The maximum atomic E-state index is 13.1. The standard InChI is InChI=1S/C10H8F5NO2/c11-6-4(3-16-2-1-5(17)18)7(12)9(14)10(15)8(6)13/h16H,1-3H2,(H,17,18). The third-order valence-electron chi connectivity index (χ3n) is 2.12. The van der Waals surface area contributed by atoms with Gasteiger partial charge in [0.05, 0.1) is 6.42 Å². The SMILES string of the molecule is O=C(O)CCNCc1c(F)c(F)c(F)c(F)c1F. The molecule has 0 bridgehead atoms. The summed E-state index contributed by atoms with van der Waals surface area (Å²) in [5.41, 5.74) is -1.02. The van der Waals surface area contributed by atoms with Crippen molar-refractivity contribution < 1.29 is 31.9 Å². The maximum absolute atomic E-state index is 13.1. The van der Waals surface area contributed by atoms with E-state index in [9.17, 15) is 26.7 Å². The van der Waals surface area contributed by atoms with Crippen LogP contribution in [0, 0.1) is 29.1 Å². The summed E-state index contributed by atoms with van der Waals surface area (Å²) in [4.78, 5) is 10.1. The zero-order valence-electron chi connectivity index (χ0n) is 8.87. The molecule has 2 N–H and O–H groups in total. The van der Waals surface area contributed by atoms with Crippen LogP contribution in [0.3, 0.4) is 0 Å². The van der Waals surface area contributed by atoms with Crippen molar-refractivity contribution in [1.82, 2.24) is 5.32 Å². The van der Waals surface area contributed by atoms with Gasteiger partial charge < -0.3 is 10.4 Å². The topological polar surface area (TPSA) is 49.3 Å². The Bertz CT molecular complexity index is 449. The minimum Gasteiger partial charge on any atom is -0.481 e. The lowest BCUT2D eigenvalue weighted by Gasteiger charge is -2.08. The third-order valence-corrected chi connectivity index (χ3v) is 2.12. The van der Waals surface area contributed by atoms with E-state index in [1.165, 1.54) is 0 Å². The van der Waals surface area contributed by atoms with E-state index in [4.69, 9.17) is 5.11 Å². The Kier molecular flexibility index (Phi) is 4.60. The summed E-state index contributed by atoms with van der Waals surface area (Å²) >= 11 is 0. The predicted octanol–water partition coefficient (Wildman–Crippen LogP) is 1.95. The van der Waals surface area contributed by atoms with Crippen LogP contribution in [0.5, 0.6) is 0 Å². The van der Waals surface area contributed by atoms with Gasteiger partial charge in [0.2, 0.25) is 5.82 Å². The average Bonchev–Trinajstić information content (AvgIpc) is 2.32. The van der Waals surface area contributed by atoms with E-state index in [0.717, 1.165) is 0 Å². The normalized spacial score (nSPS) is 10.7. The van der Waals surface area contributed by atoms with E-state index in [0.29, 0.717) is 0 Å². The van der Waals surface area contributed by atoms with Crippen LogP contribution in [0.1, 0.15) is 12.0 Å². The number of halogens is 5. The molecule has 0 fully saturated rings. The van der Waals surface area contributed by atoms with Crippen molar-refractivity contribution in [3.05, 3.63) is 34.6 Å². The number of aliphatic carboxylic acids is 1. The molecule has 0 aromatic heterocycles. The second kappa shape index (κ2) is 5.76. The molecule has 0 aliphatic carbocycles. The van der Waals surface area contributed by atoms with Crippen LogP contribution in [0.15, 0.2) is 0 Å². The molecular formula is C10H8F5NO2. The predicted molar refractivity (Wildman–Crippen MR) is 50.2 cm³/mol. The van der Waals surface area contributed by atoms with Gasteiger partial charge in [-0.25, -0.2) is 22.0 Å². The molecule has 0 aliphatic heterocycles. The van der Waals surface area contributed by atoms with Crippen molar-refractivity contribution >= 4 is 5.97 Å². The Morgan fingerprint density at radius 3 is 1.83 bits per heavy atom. The number of carboxylic acids is 1. The van der Waals surface area contributed by atoms with Crippen molar-refractivity contribution in [2.24, 2.45) is 0 Å². The van der Waals surface area contributed by atoms with E-state index >= 15 is 0 Å².